The molecule has 1 amide bonds. The molecule has 6 nitrogen and oxygen atoms in total. The van der Waals surface area contributed by atoms with E-state index in [0.29, 0.717) is 23.8 Å². The van der Waals surface area contributed by atoms with Crippen molar-refractivity contribution < 1.29 is 13.9 Å². The Morgan fingerprint density at radius 2 is 2.19 bits per heavy atom. The molecule has 3 N–H and O–H groups in total. The molecule has 2 heterocycles. The van der Waals surface area contributed by atoms with E-state index in [1.165, 1.54) is 6.07 Å². The van der Waals surface area contributed by atoms with Crippen LogP contribution in [0, 0.1) is 12.7 Å². The lowest BCUT2D eigenvalue weighted by atomic mass is 10.2. The van der Waals surface area contributed by atoms with Crippen molar-refractivity contribution >= 4 is 17.5 Å². The van der Waals surface area contributed by atoms with E-state index in [9.17, 15) is 9.18 Å². The molecule has 21 heavy (non-hydrogen) atoms. The monoisotopic (exact) mass is 290 g/mol. The van der Waals surface area contributed by atoms with E-state index in [1.54, 1.807) is 26.0 Å². The standard InChI is InChI=1S/C14H15FN4O2/c1-3-21-14-9(13(16)20)4-5-11(19-14)18-12-6-8(2)10(15)7-17-12/h4-7H,3H2,1-2H3,(H2,16,20)(H,17,18,19). The normalized spacial score (nSPS) is 10.2. The van der Waals surface area contributed by atoms with E-state index in [-0.39, 0.29) is 17.3 Å². The van der Waals surface area contributed by atoms with E-state index in [1.807, 2.05) is 0 Å². The fourth-order valence-corrected chi connectivity index (χ4v) is 1.68. The number of ether oxygens (including phenoxy) is 1. The summed E-state index contributed by atoms with van der Waals surface area (Å²) in [6, 6.07) is 4.64. The molecule has 0 aromatic carbocycles. The first-order chi connectivity index (χ1) is 10.0. The molecule has 0 bridgehead atoms. The van der Waals surface area contributed by atoms with Crippen molar-refractivity contribution in [2.45, 2.75) is 13.8 Å². The largest absolute Gasteiger partial charge is 0.477 e. The molecule has 0 spiro atoms. The minimum atomic E-state index is -0.617. The van der Waals surface area contributed by atoms with Crippen molar-refractivity contribution in [2.24, 2.45) is 5.73 Å². The third kappa shape index (κ3) is 3.44. The number of nitrogens with zero attached hydrogens (tertiary/aromatic N) is 2. The number of hydrogen-bond acceptors (Lipinski definition) is 5. The summed E-state index contributed by atoms with van der Waals surface area (Å²) >= 11 is 0. The van der Waals surface area contributed by atoms with Crippen LogP contribution in [0.1, 0.15) is 22.8 Å². The lowest BCUT2D eigenvalue weighted by Gasteiger charge is -2.10. The number of hydrogen-bond donors (Lipinski definition) is 2. The highest BCUT2D eigenvalue weighted by molar-refractivity contribution is 5.95. The van der Waals surface area contributed by atoms with E-state index >= 15 is 0 Å². The molecule has 0 radical (unpaired) electrons. The number of nitrogens with two attached hydrogens (primary N) is 1. The Bertz CT molecular complexity index is 676. The molecule has 0 aliphatic carbocycles. The van der Waals surface area contributed by atoms with Gasteiger partial charge in [0.2, 0.25) is 5.88 Å². The van der Waals surface area contributed by atoms with Gasteiger partial charge in [-0.25, -0.2) is 9.37 Å². The number of pyridine rings is 2. The lowest BCUT2D eigenvalue weighted by molar-refractivity contribution is 0.0996. The Balaban J connectivity index is 2.29. The average molecular weight is 290 g/mol. The molecule has 0 aliphatic heterocycles. The van der Waals surface area contributed by atoms with Crippen molar-refractivity contribution in [2.75, 3.05) is 11.9 Å². The summed E-state index contributed by atoms with van der Waals surface area (Å²) in [4.78, 5) is 19.3. The van der Waals surface area contributed by atoms with Crippen LogP contribution < -0.4 is 15.8 Å². The molecule has 110 valence electrons. The molecular formula is C14H15FN4O2. The highest BCUT2D eigenvalue weighted by atomic mass is 19.1. The Morgan fingerprint density at radius 1 is 1.43 bits per heavy atom. The molecule has 0 aliphatic rings. The molecule has 2 aromatic rings. The first-order valence-corrected chi connectivity index (χ1v) is 6.34. The Labute approximate surface area is 121 Å². The van der Waals surface area contributed by atoms with Crippen LogP contribution in [-0.2, 0) is 0 Å². The molecule has 0 saturated heterocycles. The van der Waals surface area contributed by atoms with Crippen LogP contribution in [-0.4, -0.2) is 22.5 Å². The molecule has 0 saturated carbocycles. The highest BCUT2D eigenvalue weighted by Crippen LogP contribution is 2.21. The fraction of sp³-hybridized carbons (Fsp3) is 0.214. The zero-order valence-corrected chi connectivity index (χ0v) is 11.7. The Morgan fingerprint density at radius 3 is 2.81 bits per heavy atom. The van der Waals surface area contributed by atoms with Gasteiger partial charge in [0.1, 0.15) is 23.0 Å². The van der Waals surface area contributed by atoms with Gasteiger partial charge in [-0.3, -0.25) is 4.79 Å². The predicted octanol–water partition coefficient (Wildman–Crippen LogP) is 2.17. The van der Waals surface area contributed by atoms with Gasteiger partial charge in [-0.15, -0.1) is 0 Å². The van der Waals surface area contributed by atoms with Gasteiger partial charge in [0.05, 0.1) is 12.8 Å². The first-order valence-electron chi connectivity index (χ1n) is 6.34. The van der Waals surface area contributed by atoms with E-state index in [0.717, 1.165) is 6.20 Å². The molecule has 0 unspecified atom stereocenters. The smallest absolute Gasteiger partial charge is 0.254 e. The van der Waals surface area contributed by atoms with Crippen molar-refractivity contribution in [1.82, 2.24) is 9.97 Å². The van der Waals surface area contributed by atoms with Crippen molar-refractivity contribution in [3.63, 3.8) is 0 Å². The molecular weight excluding hydrogens is 275 g/mol. The molecule has 2 rings (SSSR count). The van der Waals surface area contributed by atoms with Gasteiger partial charge in [-0.1, -0.05) is 0 Å². The quantitative estimate of drug-likeness (QED) is 0.880. The van der Waals surface area contributed by atoms with Crippen molar-refractivity contribution in [1.29, 1.82) is 0 Å². The number of aryl methyl sites for hydroxylation is 1. The number of anilines is 2. The van der Waals surface area contributed by atoms with Gasteiger partial charge in [-0.05, 0) is 37.6 Å². The molecule has 0 fully saturated rings. The number of aromatic nitrogens is 2. The third-order valence-electron chi connectivity index (χ3n) is 2.71. The Kier molecular flexibility index (Phi) is 4.32. The summed E-state index contributed by atoms with van der Waals surface area (Å²) in [6.07, 6.45) is 1.12. The second kappa shape index (κ2) is 6.17. The number of halogens is 1. The second-order valence-electron chi connectivity index (χ2n) is 4.29. The van der Waals surface area contributed by atoms with E-state index in [2.05, 4.69) is 15.3 Å². The number of rotatable bonds is 5. The summed E-state index contributed by atoms with van der Waals surface area (Å²) in [5, 5.41) is 2.92. The summed E-state index contributed by atoms with van der Waals surface area (Å²) in [5.74, 6) is 0.00677. The summed E-state index contributed by atoms with van der Waals surface area (Å²) < 4.78 is 18.5. The van der Waals surface area contributed by atoms with Crippen LogP contribution in [0.4, 0.5) is 16.0 Å². The van der Waals surface area contributed by atoms with Crippen LogP contribution >= 0.6 is 0 Å². The highest BCUT2D eigenvalue weighted by Gasteiger charge is 2.12. The predicted molar refractivity (Wildman–Crippen MR) is 76.1 cm³/mol. The van der Waals surface area contributed by atoms with Crippen LogP contribution in [0.15, 0.2) is 24.4 Å². The topological polar surface area (TPSA) is 90.1 Å². The van der Waals surface area contributed by atoms with Gasteiger partial charge in [0.15, 0.2) is 0 Å². The van der Waals surface area contributed by atoms with Crippen molar-refractivity contribution in [3.8, 4) is 5.88 Å². The minimum Gasteiger partial charge on any atom is -0.477 e. The van der Waals surface area contributed by atoms with Gasteiger partial charge in [-0.2, -0.15) is 4.98 Å². The summed E-state index contributed by atoms with van der Waals surface area (Å²) in [6.45, 7) is 3.76. The lowest BCUT2D eigenvalue weighted by Crippen LogP contribution is -2.14. The SMILES string of the molecule is CCOc1nc(Nc2cc(C)c(F)cn2)ccc1C(N)=O. The maximum absolute atomic E-state index is 13.2. The Hall–Kier alpha value is -2.70. The van der Waals surface area contributed by atoms with Crippen LogP contribution in [0.2, 0.25) is 0 Å². The van der Waals surface area contributed by atoms with Gasteiger partial charge in [0.25, 0.3) is 5.91 Å². The second-order valence-corrected chi connectivity index (χ2v) is 4.29. The van der Waals surface area contributed by atoms with Gasteiger partial charge >= 0.3 is 0 Å². The van der Waals surface area contributed by atoms with Crippen molar-refractivity contribution in [3.05, 3.63) is 41.3 Å². The first kappa shape index (κ1) is 14.7. The zero-order chi connectivity index (χ0) is 15.4. The van der Waals surface area contributed by atoms with Crippen LogP contribution in [0.5, 0.6) is 5.88 Å². The van der Waals surface area contributed by atoms with E-state index in [4.69, 9.17) is 10.5 Å². The maximum atomic E-state index is 13.2. The van der Waals surface area contributed by atoms with Gasteiger partial charge in [0, 0.05) is 0 Å². The van der Waals surface area contributed by atoms with Crippen LogP contribution in [0.3, 0.4) is 0 Å². The minimum absolute atomic E-state index is 0.147. The fourth-order valence-electron chi connectivity index (χ4n) is 1.68. The van der Waals surface area contributed by atoms with Crippen LogP contribution in [0.25, 0.3) is 0 Å². The average Bonchev–Trinajstić information content (AvgIpc) is 2.43. The number of carbonyl (C=O) groups excluding carboxylic acids is 1. The summed E-state index contributed by atoms with van der Waals surface area (Å²) in [7, 11) is 0. The van der Waals surface area contributed by atoms with Gasteiger partial charge < -0.3 is 15.8 Å². The third-order valence-corrected chi connectivity index (χ3v) is 2.71. The summed E-state index contributed by atoms with van der Waals surface area (Å²) in [5.41, 5.74) is 5.91. The zero-order valence-electron chi connectivity index (χ0n) is 11.7. The number of amides is 1. The number of primary amides is 1. The van der Waals surface area contributed by atoms with E-state index < -0.39 is 5.91 Å². The maximum Gasteiger partial charge on any atom is 0.254 e. The molecule has 2 aromatic heterocycles. The number of nitrogens with one attached hydrogen (secondary N) is 1. The molecule has 7 heteroatoms. The molecule has 0 atom stereocenters. The number of carbonyl (C=O) groups is 1.